The second-order valence-electron chi connectivity index (χ2n) is 7.18. The minimum absolute atomic E-state index is 0.114. The second kappa shape index (κ2) is 7.50. The van der Waals surface area contributed by atoms with Gasteiger partial charge in [-0.2, -0.15) is 5.10 Å². The average Bonchev–Trinajstić information content (AvgIpc) is 3.33. The van der Waals surface area contributed by atoms with Crippen LogP contribution in [0, 0.1) is 13.8 Å². The third-order valence-corrected chi connectivity index (χ3v) is 5.16. The van der Waals surface area contributed by atoms with Gasteiger partial charge in [-0.3, -0.25) is 4.79 Å². The lowest BCUT2D eigenvalue weighted by atomic mass is 10.00. The first-order valence-corrected chi connectivity index (χ1v) is 9.49. The molecule has 148 valence electrons. The molecule has 3 aromatic rings. The van der Waals surface area contributed by atoms with E-state index in [-0.39, 0.29) is 11.9 Å². The largest absolute Gasteiger partial charge is 0.497 e. The standard InChI is InChI=1S/C22H23N5O2/c1-14-8-10-18(11-9-14)26-15(2)22(23-25-26)20-13-21(27(24-20)16(3)28)17-6-5-7-19(12-17)29-4/h5-12,21H,13H2,1-4H3. The van der Waals surface area contributed by atoms with E-state index in [0.717, 1.165) is 28.4 Å². The highest BCUT2D eigenvalue weighted by Crippen LogP contribution is 2.34. The number of aryl methyl sites for hydroxylation is 1. The van der Waals surface area contributed by atoms with Gasteiger partial charge in [0.25, 0.3) is 0 Å². The predicted molar refractivity (Wildman–Crippen MR) is 110 cm³/mol. The minimum Gasteiger partial charge on any atom is -0.497 e. The molecule has 0 aliphatic carbocycles. The summed E-state index contributed by atoms with van der Waals surface area (Å²) in [6.45, 7) is 5.54. The van der Waals surface area contributed by atoms with Crippen LogP contribution in [0.2, 0.25) is 0 Å². The molecule has 29 heavy (non-hydrogen) atoms. The van der Waals surface area contributed by atoms with Gasteiger partial charge < -0.3 is 4.74 Å². The Hall–Kier alpha value is -3.48. The molecule has 0 radical (unpaired) electrons. The molecule has 0 bridgehead atoms. The Morgan fingerprint density at radius 2 is 1.90 bits per heavy atom. The molecule has 7 nitrogen and oxygen atoms in total. The van der Waals surface area contributed by atoms with Gasteiger partial charge in [-0.1, -0.05) is 35.0 Å². The zero-order chi connectivity index (χ0) is 20.5. The Kier molecular flexibility index (Phi) is 4.88. The molecule has 0 saturated carbocycles. The van der Waals surface area contributed by atoms with Crippen LogP contribution in [0.1, 0.15) is 41.9 Å². The van der Waals surface area contributed by atoms with Crippen molar-refractivity contribution in [2.45, 2.75) is 33.2 Å². The predicted octanol–water partition coefficient (Wildman–Crippen LogP) is 3.59. The molecule has 0 spiro atoms. The number of hydrazone groups is 1. The molecule has 4 rings (SSSR count). The number of hydrogen-bond donors (Lipinski definition) is 0. The number of carbonyl (C=O) groups excluding carboxylic acids is 1. The summed E-state index contributed by atoms with van der Waals surface area (Å²) < 4.78 is 7.13. The van der Waals surface area contributed by atoms with E-state index in [1.54, 1.807) is 11.8 Å². The maximum absolute atomic E-state index is 12.3. The molecule has 1 atom stereocenters. The Balaban J connectivity index is 1.68. The molecule has 1 amide bonds. The second-order valence-corrected chi connectivity index (χ2v) is 7.18. The average molecular weight is 389 g/mol. The lowest BCUT2D eigenvalue weighted by Crippen LogP contribution is -2.24. The third kappa shape index (κ3) is 3.51. The van der Waals surface area contributed by atoms with Crippen LogP contribution in [0.5, 0.6) is 5.75 Å². The van der Waals surface area contributed by atoms with E-state index in [1.165, 1.54) is 17.5 Å². The number of aromatic nitrogens is 3. The van der Waals surface area contributed by atoms with Crippen molar-refractivity contribution in [1.29, 1.82) is 0 Å². The van der Waals surface area contributed by atoms with Gasteiger partial charge in [-0.15, -0.1) is 5.10 Å². The summed E-state index contributed by atoms with van der Waals surface area (Å²) >= 11 is 0. The van der Waals surface area contributed by atoms with Crippen molar-refractivity contribution in [3.05, 3.63) is 71.0 Å². The molecule has 2 heterocycles. The first-order chi connectivity index (χ1) is 14.0. The highest BCUT2D eigenvalue weighted by atomic mass is 16.5. The van der Waals surface area contributed by atoms with Gasteiger partial charge in [0.15, 0.2) is 0 Å². The summed E-state index contributed by atoms with van der Waals surface area (Å²) in [5.41, 5.74) is 5.46. The highest BCUT2D eigenvalue weighted by Gasteiger charge is 2.33. The van der Waals surface area contributed by atoms with E-state index in [9.17, 15) is 4.79 Å². The third-order valence-electron chi connectivity index (χ3n) is 5.16. The van der Waals surface area contributed by atoms with E-state index < -0.39 is 0 Å². The Morgan fingerprint density at radius 1 is 1.14 bits per heavy atom. The van der Waals surface area contributed by atoms with Gasteiger partial charge in [0.05, 0.1) is 30.2 Å². The fraction of sp³-hybridized carbons (Fsp3) is 0.273. The number of benzene rings is 2. The van der Waals surface area contributed by atoms with E-state index in [1.807, 2.05) is 62.4 Å². The van der Waals surface area contributed by atoms with E-state index in [0.29, 0.717) is 12.1 Å². The van der Waals surface area contributed by atoms with E-state index >= 15 is 0 Å². The van der Waals surface area contributed by atoms with Crippen LogP contribution in [0.15, 0.2) is 53.6 Å². The molecule has 0 fully saturated rings. The van der Waals surface area contributed by atoms with Crippen LogP contribution in [0.4, 0.5) is 0 Å². The van der Waals surface area contributed by atoms with Crippen LogP contribution >= 0.6 is 0 Å². The number of hydrogen-bond acceptors (Lipinski definition) is 5. The van der Waals surface area contributed by atoms with Crippen molar-refractivity contribution in [2.75, 3.05) is 7.11 Å². The van der Waals surface area contributed by atoms with Crippen molar-refractivity contribution >= 4 is 11.6 Å². The molecular weight excluding hydrogens is 366 g/mol. The Bertz CT molecular complexity index is 1080. The van der Waals surface area contributed by atoms with E-state index in [2.05, 4.69) is 15.4 Å². The lowest BCUT2D eigenvalue weighted by Gasteiger charge is -2.20. The van der Waals surface area contributed by atoms with Gasteiger partial charge in [0.1, 0.15) is 11.4 Å². The molecular formula is C22H23N5O2. The summed E-state index contributed by atoms with van der Waals surface area (Å²) in [6.07, 6.45) is 0.570. The molecule has 0 N–H and O–H groups in total. The van der Waals surface area contributed by atoms with Crippen LogP contribution < -0.4 is 4.74 Å². The zero-order valence-corrected chi connectivity index (χ0v) is 17.0. The van der Waals surface area contributed by atoms with E-state index in [4.69, 9.17) is 4.74 Å². The maximum Gasteiger partial charge on any atom is 0.240 e. The van der Waals surface area contributed by atoms with Crippen LogP contribution in [-0.4, -0.2) is 38.7 Å². The molecule has 1 unspecified atom stereocenters. The topological polar surface area (TPSA) is 72.6 Å². The normalized spacial score (nSPS) is 16.1. The summed E-state index contributed by atoms with van der Waals surface area (Å²) in [6, 6.07) is 15.6. The molecule has 1 aromatic heterocycles. The maximum atomic E-state index is 12.3. The molecule has 2 aromatic carbocycles. The van der Waals surface area contributed by atoms with Crippen molar-refractivity contribution in [1.82, 2.24) is 20.0 Å². The molecule has 1 aliphatic heterocycles. The van der Waals surface area contributed by atoms with Crippen molar-refractivity contribution < 1.29 is 9.53 Å². The Labute approximate surface area is 169 Å². The van der Waals surface area contributed by atoms with Gasteiger partial charge in [0.2, 0.25) is 5.91 Å². The molecule has 7 heteroatoms. The van der Waals surface area contributed by atoms with Gasteiger partial charge in [-0.05, 0) is 43.7 Å². The molecule has 1 aliphatic rings. The van der Waals surface area contributed by atoms with Crippen LogP contribution in [-0.2, 0) is 4.79 Å². The molecule has 0 saturated heterocycles. The fourth-order valence-corrected chi connectivity index (χ4v) is 3.58. The Morgan fingerprint density at radius 3 is 2.59 bits per heavy atom. The van der Waals surface area contributed by atoms with Gasteiger partial charge >= 0.3 is 0 Å². The number of methoxy groups -OCH3 is 1. The minimum atomic E-state index is -0.193. The highest BCUT2D eigenvalue weighted by molar-refractivity contribution is 6.02. The zero-order valence-electron chi connectivity index (χ0n) is 17.0. The van der Waals surface area contributed by atoms with Crippen molar-refractivity contribution in [3.8, 4) is 11.4 Å². The summed E-state index contributed by atoms with van der Waals surface area (Å²) in [7, 11) is 1.63. The van der Waals surface area contributed by atoms with Crippen molar-refractivity contribution in [3.63, 3.8) is 0 Å². The smallest absolute Gasteiger partial charge is 0.240 e. The van der Waals surface area contributed by atoms with Crippen molar-refractivity contribution in [2.24, 2.45) is 5.10 Å². The number of ether oxygens (including phenoxy) is 1. The SMILES string of the molecule is COc1cccc(C2CC(c3nnn(-c4ccc(C)cc4)c3C)=NN2C(C)=O)c1. The first kappa shape index (κ1) is 18.9. The first-order valence-electron chi connectivity index (χ1n) is 9.49. The quantitative estimate of drug-likeness (QED) is 0.684. The van der Waals surface area contributed by atoms with Crippen LogP contribution in [0.3, 0.4) is 0 Å². The van der Waals surface area contributed by atoms with Gasteiger partial charge in [-0.25, -0.2) is 9.69 Å². The summed E-state index contributed by atoms with van der Waals surface area (Å²) in [5.74, 6) is 0.636. The van der Waals surface area contributed by atoms with Gasteiger partial charge in [0, 0.05) is 13.3 Å². The number of amides is 1. The fourth-order valence-electron chi connectivity index (χ4n) is 3.58. The number of nitrogens with zero attached hydrogens (tertiary/aromatic N) is 5. The lowest BCUT2D eigenvalue weighted by molar-refractivity contribution is -0.130. The van der Waals surface area contributed by atoms with Crippen LogP contribution in [0.25, 0.3) is 5.69 Å². The number of carbonyl (C=O) groups is 1. The number of rotatable bonds is 4. The summed E-state index contributed by atoms with van der Waals surface area (Å²) in [5, 5.41) is 14.8. The summed E-state index contributed by atoms with van der Waals surface area (Å²) in [4.78, 5) is 12.3. The monoisotopic (exact) mass is 389 g/mol.